The fraction of sp³-hybridized carbons (Fsp3) is 0.516. The Morgan fingerprint density at radius 3 is 2.45 bits per heavy atom. The van der Waals surface area contributed by atoms with E-state index in [2.05, 4.69) is 40.8 Å². The molecule has 16 nitrogen and oxygen atoms in total. The molecule has 2 aliphatic carbocycles. The highest BCUT2D eigenvalue weighted by Crippen LogP contribution is 2.36. The van der Waals surface area contributed by atoms with Crippen LogP contribution in [0.25, 0.3) is 22.6 Å². The van der Waals surface area contributed by atoms with E-state index in [1.165, 1.54) is 4.68 Å². The van der Waals surface area contributed by atoms with Crippen LogP contribution < -0.4 is 15.5 Å². The van der Waals surface area contributed by atoms with Gasteiger partial charge in [-0.05, 0) is 51.0 Å². The number of aryl methyl sites for hydroxylation is 1. The number of urea groups is 1. The van der Waals surface area contributed by atoms with Crippen molar-refractivity contribution >= 4 is 17.8 Å². The molecule has 2 fully saturated rings. The standard InChI is InChI=1S/C31H41N11O5/c1-3-12-32-30(44)42(26-17-33-25(16-34-26)20-14-36-40(2)18-20)22-9-7-21(8-10-22)37-29-35-15-23(31(45,46)47)27(38-29)24-11-13-41(39-24)28(43)19-5-4-6-19/h11,13-19,21-22,28,43,45-47H,3-10,12H2,1-2H3,(H,32,44)(H,35,37,38)/t21-,22-,28?. The number of rotatable bonds is 11. The Kier molecular flexibility index (Phi) is 9.45. The predicted octanol–water partition coefficient (Wildman–Crippen LogP) is 2.26. The average Bonchev–Trinajstić information content (AvgIpc) is 3.70. The monoisotopic (exact) mass is 647 g/mol. The van der Waals surface area contributed by atoms with Crippen LogP contribution in [0, 0.1) is 5.92 Å². The van der Waals surface area contributed by atoms with Gasteiger partial charge in [-0.15, -0.1) is 0 Å². The lowest BCUT2D eigenvalue weighted by molar-refractivity contribution is -0.323. The number of amides is 2. The van der Waals surface area contributed by atoms with Gasteiger partial charge in [0.25, 0.3) is 0 Å². The first-order chi connectivity index (χ1) is 22.6. The summed E-state index contributed by atoms with van der Waals surface area (Å²) in [4.78, 5) is 32.9. The van der Waals surface area contributed by atoms with Crippen LogP contribution in [0.1, 0.15) is 70.1 Å². The highest BCUT2D eigenvalue weighted by Gasteiger charge is 2.33. The molecule has 1 atom stereocenters. The van der Waals surface area contributed by atoms with Crippen molar-refractivity contribution in [3.8, 4) is 22.6 Å². The summed E-state index contributed by atoms with van der Waals surface area (Å²) >= 11 is 0. The Balaban J connectivity index is 1.16. The minimum atomic E-state index is -3.19. The lowest BCUT2D eigenvalue weighted by atomic mass is 9.84. The molecule has 4 heterocycles. The maximum Gasteiger partial charge on any atom is 0.323 e. The van der Waals surface area contributed by atoms with Crippen molar-refractivity contribution in [1.29, 1.82) is 0 Å². The van der Waals surface area contributed by atoms with Crippen LogP contribution in [0.2, 0.25) is 0 Å². The molecule has 6 rings (SSSR count). The molecule has 16 heteroatoms. The van der Waals surface area contributed by atoms with Gasteiger partial charge in [0.15, 0.2) is 5.82 Å². The van der Waals surface area contributed by atoms with Gasteiger partial charge in [-0.3, -0.25) is 14.6 Å². The fourth-order valence-electron chi connectivity index (χ4n) is 6.04. The van der Waals surface area contributed by atoms with E-state index in [1.807, 2.05) is 20.2 Å². The second kappa shape index (κ2) is 13.7. The van der Waals surface area contributed by atoms with Gasteiger partial charge in [-0.2, -0.15) is 10.2 Å². The van der Waals surface area contributed by atoms with Crippen LogP contribution in [0.4, 0.5) is 16.6 Å². The number of aromatic nitrogens is 8. The third kappa shape index (κ3) is 7.25. The maximum atomic E-state index is 13.3. The second-order valence-corrected chi connectivity index (χ2v) is 12.3. The molecule has 0 radical (unpaired) electrons. The van der Waals surface area contributed by atoms with Gasteiger partial charge in [-0.1, -0.05) is 13.3 Å². The lowest BCUT2D eigenvalue weighted by Crippen LogP contribution is -2.49. The van der Waals surface area contributed by atoms with Crippen molar-refractivity contribution < 1.29 is 25.2 Å². The zero-order valence-electron chi connectivity index (χ0n) is 26.4. The highest BCUT2D eigenvalue weighted by molar-refractivity contribution is 5.91. The van der Waals surface area contributed by atoms with E-state index in [9.17, 15) is 25.2 Å². The van der Waals surface area contributed by atoms with Crippen LogP contribution in [0.15, 0.2) is 43.2 Å². The lowest BCUT2D eigenvalue weighted by Gasteiger charge is -2.36. The van der Waals surface area contributed by atoms with E-state index < -0.39 is 12.2 Å². The SMILES string of the molecule is CCCNC(=O)N(c1cnc(-c2cnn(C)c2)cn1)[C@H]1CC[C@H](Nc2ncc(C(O)(O)O)c(-c3ccn(C(O)C4CCC4)n3)n2)CC1. The Labute approximate surface area is 271 Å². The third-order valence-corrected chi connectivity index (χ3v) is 8.87. The van der Waals surface area contributed by atoms with Crippen molar-refractivity contribution in [1.82, 2.24) is 44.8 Å². The molecule has 250 valence electrons. The molecule has 4 aromatic rings. The van der Waals surface area contributed by atoms with Gasteiger partial charge in [-0.25, -0.2) is 24.4 Å². The van der Waals surface area contributed by atoms with Crippen LogP contribution in [0.3, 0.4) is 0 Å². The van der Waals surface area contributed by atoms with Gasteiger partial charge in [0.1, 0.15) is 17.6 Å². The molecular formula is C31H41N11O5. The summed E-state index contributed by atoms with van der Waals surface area (Å²) in [7, 11) is 1.83. The molecule has 0 aromatic carbocycles. The van der Waals surface area contributed by atoms with Gasteiger partial charge in [0.2, 0.25) is 5.95 Å². The molecule has 2 aliphatic rings. The van der Waals surface area contributed by atoms with E-state index in [-0.39, 0.29) is 46.9 Å². The first kappa shape index (κ1) is 32.4. The number of hydrogen-bond acceptors (Lipinski definition) is 12. The van der Waals surface area contributed by atoms with Gasteiger partial charge < -0.3 is 31.1 Å². The quantitative estimate of drug-likeness (QED) is 0.129. The number of aliphatic hydroxyl groups excluding tert-OH is 1. The molecule has 1 unspecified atom stereocenters. The summed E-state index contributed by atoms with van der Waals surface area (Å²) in [5.41, 5.74) is 1.44. The van der Waals surface area contributed by atoms with E-state index in [0.29, 0.717) is 43.7 Å². The minimum absolute atomic E-state index is 0.0234. The number of carbonyl (C=O) groups is 1. The summed E-state index contributed by atoms with van der Waals surface area (Å²) < 4.78 is 3.11. The van der Waals surface area contributed by atoms with E-state index in [1.54, 1.807) is 40.4 Å². The molecule has 0 bridgehead atoms. The van der Waals surface area contributed by atoms with Gasteiger partial charge in [0.05, 0.1) is 29.8 Å². The van der Waals surface area contributed by atoms with Crippen LogP contribution >= 0.6 is 0 Å². The van der Waals surface area contributed by atoms with Crippen molar-refractivity contribution in [3.05, 3.63) is 48.8 Å². The van der Waals surface area contributed by atoms with Gasteiger partial charge in [0, 0.05) is 55.7 Å². The zero-order chi connectivity index (χ0) is 33.1. The molecule has 2 saturated carbocycles. The zero-order valence-corrected chi connectivity index (χ0v) is 26.4. The van der Waals surface area contributed by atoms with Crippen molar-refractivity contribution in [2.45, 2.75) is 82.6 Å². The Hall–Kier alpha value is -4.51. The number of anilines is 2. The minimum Gasteiger partial charge on any atom is -0.371 e. The first-order valence-electron chi connectivity index (χ1n) is 16.0. The van der Waals surface area contributed by atoms with Crippen molar-refractivity contribution in [2.24, 2.45) is 13.0 Å². The Morgan fingerprint density at radius 2 is 1.83 bits per heavy atom. The smallest absolute Gasteiger partial charge is 0.323 e. The summed E-state index contributed by atoms with van der Waals surface area (Å²) in [5, 5.41) is 55.6. The summed E-state index contributed by atoms with van der Waals surface area (Å²) in [6, 6.07) is 1.22. The predicted molar refractivity (Wildman–Crippen MR) is 170 cm³/mol. The molecule has 0 spiro atoms. The molecule has 47 heavy (non-hydrogen) atoms. The highest BCUT2D eigenvalue weighted by atomic mass is 16.7. The number of carbonyl (C=O) groups excluding carboxylic acids is 1. The van der Waals surface area contributed by atoms with Crippen LogP contribution in [-0.2, 0) is 13.0 Å². The van der Waals surface area contributed by atoms with Crippen LogP contribution in [0.5, 0.6) is 0 Å². The molecule has 0 aliphatic heterocycles. The van der Waals surface area contributed by atoms with E-state index in [0.717, 1.165) is 37.4 Å². The number of aliphatic hydroxyl groups is 4. The number of hydrogen-bond donors (Lipinski definition) is 6. The normalized spacial score (nSPS) is 19.2. The van der Waals surface area contributed by atoms with E-state index >= 15 is 0 Å². The van der Waals surface area contributed by atoms with Crippen molar-refractivity contribution in [3.63, 3.8) is 0 Å². The molecule has 2 amide bonds. The molecule has 4 aromatic heterocycles. The Bertz CT molecular complexity index is 1660. The van der Waals surface area contributed by atoms with Crippen LogP contribution in [-0.4, -0.2) is 84.6 Å². The average molecular weight is 648 g/mol. The first-order valence-corrected chi connectivity index (χ1v) is 16.0. The third-order valence-electron chi connectivity index (χ3n) is 8.87. The topological polar surface area (TPSA) is 212 Å². The van der Waals surface area contributed by atoms with E-state index in [4.69, 9.17) is 0 Å². The Morgan fingerprint density at radius 1 is 1.04 bits per heavy atom. The summed E-state index contributed by atoms with van der Waals surface area (Å²) in [6.45, 7) is 2.54. The van der Waals surface area contributed by atoms with Crippen molar-refractivity contribution in [2.75, 3.05) is 16.8 Å². The largest absolute Gasteiger partial charge is 0.371 e. The van der Waals surface area contributed by atoms with Gasteiger partial charge >= 0.3 is 12.0 Å². The number of nitrogens with one attached hydrogen (secondary N) is 2. The second-order valence-electron chi connectivity index (χ2n) is 12.3. The molecule has 0 saturated heterocycles. The summed E-state index contributed by atoms with van der Waals surface area (Å²) in [6.07, 6.45) is 15.2. The summed E-state index contributed by atoms with van der Waals surface area (Å²) in [5.74, 6) is -2.39. The molecule has 6 N–H and O–H groups in total. The molecular weight excluding hydrogens is 606 g/mol. The number of nitrogens with zero attached hydrogens (tertiary/aromatic N) is 9. The maximum absolute atomic E-state index is 13.3. The fourth-order valence-corrected chi connectivity index (χ4v) is 6.04.